The number of para-hydroxylation sites is 2. The zero-order valence-corrected chi connectivity index (χ0v) is 15.9. The maximum atomic E-state index is 12.1. The highest BCUT2D eigenvalue weighted by atomic mass is 16.5. The van der Waals surface area contributed by atoms with E-state index in [-0.39, 0.29) is 0 Å². The van der Waals surface area contributed by atoms with E-state index >= 15 is 0 Å². The van der Waals surface area contributed by atoms with Crippen molar-refractivity contribution < 1.29 is 18.7 Å². The first-order valence-corrected chi connectivity index (χ1v) is 8.80. The van der Waals surface area contributed by atoms with E-state index in [9.17, 15) is 9.59 Å². The first-order valence-electron chi connectivity index (χ1n) is 8.80. The molecule has 0 saturated heterocycles. The Hall–Kier alpha value is -3.61. The molecule has 1 aromatic heterocycles. The molecule has 0 bridgehead atoms. The summed E-state index contributed by atoms with van der Waals surface area (Å²) in [5.41, 5.74) is 8.01. The molecule has 0 spiro atoms. The number of amides is 2. The monoisotopic (exact) mass is 379 g/mol. The molecule has 3 rings (SSSR count). The Morgan fingerprint density at radius 3 is 2.68 bits per heavy atom. The molecule has 7 heteroatoms. The average molecular weight is 379 g/mol. The average Bonchev–Trinajstić information content (AvgIpc) is 3.11. The largest absolute Gasteiger partial charge is 0.481 e. The van der Waals surface area contributed by atoms with Gasteiger partial charge in [-0.1, -0.05) is 24.3 Å². The first-order chi connectivity index (χ1) is 13.4. The van der Waals surface area contributed by atoms with Crippen LogP contribution in [0.5, 0.6) is 5.75 Å². The highest BCUT2D eigenvalue weighted by Crippen LogP contribution is 2.21. The van der Waals surface area contributed by atoms with Gasteiger partial charge in [-0.3, -0.25) is 20.4 Å². The van der Waals surface area contributed by atoms with Crippen molar-refractivity contribution in [1.82, 2.24) is 15.8 Å². The normalized spacial score (nSPS) is 12.1. The molecule has 0 aliphatic heterocycles. The second-order valence-corrected chi connectivity index (χ2v) is 6.29. The van der Waals surface area contributed by atoms with Crippen LogP contribution in [-0.2, 0) is 9.59 Å². The van der Waals surface area contributed by atoms with E-state index in [2.05, 4.69) is 15.8 Å². The van der Waals surface area contributed by atoms with Crippen LogP contribution in [-0.4, -0.2) is 22.9 Å². The summed E-state index contributed by atoms with van der Waals surface area (Å²) >= 11 is 0. The summed E-state index contributed by atoms with van der Waals surface area (Å²) < 4.78 is 11.2. The van der Waals surface area contributed by atoms with Gasteiger partial charge in [0.2, 0.25) is 5.89 Å². The van der Waals surface area contributed by atoms with Crippen molar-refractivity contribution in [1.29, 1.82) is 0 Å². The van der Waals surface area contributed by atoms with Crippen molar-refractivity contribution in [2.24, 2.45) is 0 Å². The van der Waals surface area contributed by atoms with Crippen molar-refractivity contribution in [2.75, 3.05) is 0 Å². The zero-order valence-electron chi connectivity index (χ0n) is 15.9. The smallest absolute Gasteiger partial charge is 0.279 e. The van der Waals surface area contributed by atoms with Gasteiger partial charge in [-0.15, -0.1) is 0 Å². The standard InChI is InChI=1S/C21H21N3O4/c1-13-7-6-10-17(14(13)2)27-15(3)21(26)24-23-19(25)11-12-20-22-16-8-4-5-9-18(16)28-20/h4-12,15H,1-3H3,(H,23,25)(H,24,26)/b12-11+. The molecule has 7 nitrogen and oxygen atoms in total. The molecular weight excluding hydrogens is 358 g/mol. The predicted octanol–water partition coefficient (Wildman–Crippen LogP) is 3.07. The molecule has 0 aliphatic carbocycles. The summed E-state index contributed by atoms with van der Waals surface area (Å²) in [6, 6.07) is 12.9. The highest BCUT2D eigenvalue weighted by molar-refractivity contribution is 5.93. The number of nitrogens with one attached hydrogen (secondary N) is 2. The van der Waals surface area contributed by atoms with Gasteiger partial charge < -0.3 is 9.15 Å². The number of hydrogen-bond donors (Lipinski definition) is 2. The van der Waals surface area contributed by atoms with Gasteiger partial charge in [0.05, 0.1) is 0 Å². The number of benzene rings is 2. The summed E-state index contributed by atoms with van der Waals surface area (Å²) in [7, 11) is 0. The zero-order chi connectivity index (χ0) is 20.1. The number of carbonyl (C=O) groups is 2. The second kappa shape index (κ2) is 8.39. The number of nitrogens with zero attached hydrogens (tertiary/aromatic N) is 1. The number of carbonyl (C=O) groups excluding carboxylic acids is 2. The summed E-state index contributed by atoms with van der Waals surface area (Å²) in [4.78, 5) is 28.3. The van der Waals surface area contributed by atoms with Gasteiger partial charge in [0.25, 0.3) is 11.8 Å². The van der Waals surface area contributed by atoms with Gasteiger partial charge in [0.1, 0.15) is 11.3 Å². The lowest BCUT2D eigenvalue weighted by Gasteiger charge is -2.17. The van der Waals surface area contributed by atoms with Crippen molar-refractivity contribution in [3.8, 4) is 5.75 Å². The first kappa shape index (κ1) is 19.2. The Balaban J connectivity index is 1.51. The van der Waals surface area contributed by atoms with Crippen LogP contribution < -0.4 is 15.6 Å². The third-order valence-corrected chi connectivity index (χ3v) is 4.22. The van der Waals surface area contributed by atoms with E-state index in [0.29, 0.717) is 22.7 Å². The molecule has 0 aliphatic rings. The van der Waals surface area contributed by atoms with Crippen molar-refractivity contribution >= 4 is 29.0 Å². The second-order valence-electron chi connectivity index (χ2n) is 6.29. The Morgan fingerprint density at radius 2 is 1.89 bits per heavy atom. The number of fused-ring (bicyclic) bond motifs is 1. The van der Waals surface area contributed by atoms with E-state index in [1.165, 1.54) is 12.2 Å². The molecule has 2 aromatic carbocycles. The molecule has 0 fully saturated rings. The maximum Gasteiger partial charge on any atom is 0.279 e. The van der Waals surface area contributed by atoms with E-state index in [1.807, 2.05) is 44.2 Å². The minimum atomic E-state index is -0.776. The Kier molecular flexibility index (Phi) is 5.74. The fraction of sp³-hybridized carbons (Fsp3) is 0.190. The molecule has 1 heterocycles. The summed E-state index contributed by atoms with van der Waals surface area (Å²) in [6.07, 6.45) is 1.88. The van der Waals surface area contributed by atoms with Gasteiger partial charge in [-0.05, 0) is 50.1 Å². The topological polar surface area (TPSA) is 93.5 Å². The van der Waals surface area contributed by atoms with Crippen LogP contribution in [0.2, 0.25) is 0 Å². The van der Waals surface area contributed by atoms with Crippen LogP contribution in [0.25, 0.3) is 17.2 Å². The van der Waals surface area contributed by atoms with Crippen LogP contribution in [0.4, 0.5) is 0 Å². The molecule has 28 heavy (non-hydrogen) atoms. The molecule has 3 aromatic rings. The highest BCUT2D eigenvalue weighted by Gasteiger charge is 2.16. The lowest BCUT2D eigenvalue weighted by Crippen LogP contribution is -2.46. The fourth-order valence-corrected chi connectivity index (χ4v) is 2.47. The van der Waals surface area contributed by atoms with Crippen molar-refractivity contribution in [2.45, 2.75) is 26.9 Å². The number of hydrogen-bond acceptors (Lipinski definition) is 5. The van der Waals surface area contributed by atoms with Gasteiger partial charge in [-0.25, -0.2) is 4.98 Å². The number of rotatable bonds is 5. The number of oxazole rings is 1. The molecule has 144 valence electrons. The van der Waals surface area contributed by atoms with E-state index in [4.69, 9.17) is 9.15 Å². The van der Waals surface area contributed by atoms with Crippen LogP contribution in [0.1, 0.15) is 23.9 Å². The van der Waals surface area contributed by atoms with E-state index in [0.717, 1.165) is 11.1 Å². The fourth-order valence-electron chi connectivity index (χ4n) is 2.47. The quantitative estimate of drug-likeness (QED) is 0.525. The van der Waals surface area contributed by atoms with E-state index in [1.54, 1.807) is 19.1 Å². The number of aryl methyl sites for hydroxylation is 1. The number of hydrazine groups is 1. The van der Waals surface area contributed by atoms with Crippen LogP contribution in [0.3, 0.4) is 0 Å². The van der Waals surface area contributed by atoms with E-state index < -0.39 is 17.9 Å². The van der Waals surface area contributed by atoms with Crippen LogP contribution >= 0.6 is 0 Å². The lowest BCUT2D eigenvalue weighted by molar-refractivity contribution is -0.131. The van der Waals surface area contributed by atoms with Crippen molar-refractivity contribution in [3.63, 3.8) is 0 Å². The lowest BCUT2D eigenvalue weighted by atomic mass is 10.1. The summed E-state index contributed by atoms with van der Waals surface area (Å²) in [6.45, 7) is 5.50. The number of ether oxygens (including phenoxy) is 1. The minimum Gasteiger partial charge on any atom is -0.481 e. The van der Waals surface area contributed by atoms with Crippen LogP contribution in [0.15, 0.2) is 53.0 Å². The summed E-state index contributed by atoms with van der Waals surface area (Å²) in [5.74, 6) is -0.0572. The van der Waals surface area contributed by atoms with Gasteiger partial charge in [-0.2, -0.15) is 0 Å². The van der Waals surface area contributed by atoms with Gasteiger partial charge >= 0.3 is 0 Å². The maximum absolute atomic E-state index is 12.1. The molecule has 2 amide bonds. The van der Waals surface area contributed by atoms with Crippen molar-refractivity contribution in [3.05, 3.63) is 65.6 Å². The SMILES string of the molecule is Cc1cccc(OC(C)C(=O)NNC(=O)/C=C/c2nc3ccccc3o2)c1C. The third kappa shape index (κ3) is 4.56. The summed E-state index contributed by atoms with van der Waals surface area (Å²) in [5, 5.41) is 0. The molecule has 2 N–H and O–H groups in total. The number of aromatic nitrogens is 1. The predicted molar refractivity (Wildman–Crippen MR) is 105 cm³/mol. The molecular formula is C21H21N3O4. The molecule has 0 saturated carbocycles. The third-order valence-electron chi connectivity index (χ3n) is 4.22. The Morgan fingerprint density at radius 1 is 1.11 bits per heavy atom. The van der Waals surface area contributed by atoms with Crippen LogP contribution in [0, 0.1) is 13.8 Å². The van der Waals surface area contributed by atoms with Gasteiger partial charge in [0, 0.05) is 12.2 Å². The minimum absolute atomic E-state index is 0.300. The van der Waals surface area contributed by atoms with Gasteiger partial charge in [0.15, 0.2) is 11.7 Å². The Labute approximate surface area is 162 Å². The molecule has 1 unspecified atom stereocenters. The molecule has 0 radical (unpaired) electrons. The molecule has 1 atom stereocenters. The Bertz CT molecular complexity index is 1010.